The molecule has 0 radical (unpaired) electrons. The van der Waals surface area contributed by atoms with Gasteiger partial charge in [0.15, 0.2) is 29.7 Å². The molecule has 0 bridgehead atoms. The lowest BCUT2D eigenvalue weighted by Crippen LogP contribution is -2.45. The van der Waals surface area contributed by atoms with Crippen LogP contribution in [0.1, 0.15) is 76.0 Å². The van der Waals surface area contributed by atoms with Crippen LogP contribution in [0.15, 0.2) is 83.2 Å². The van der Waals surface area contributed by atoms with Crippen LogP contribution in [0.25, 0.3) is 0 Å². The number of aryl methyl sites for hydroxylation is 1. The van der Waals surface area contributed by atoms with Crippen molar-refractivity contribution < 1.29 is 23.9 Å². The van der Waals surface area contributed by atoms with Crippen LogP contribution in [0.3, 0.4) is 0 Å². The maximum Gasteiger partial charge on any atom is 0.262 e. The van der Waals surface area contributed by atoms with Crippen molar-refractivity contribution in [3.05, 3.63) is 110 Å². The van der Waals surface area contributed by atoms with Gasteiger partial charge in [0.05, 0.1) is 12.1 Å². The maximum absolute atomic E-state index is 14.3. The summed E-state index contributed by atoms with van der Waals surface area (Å²) in [5.41, 5.74) is 6.14. The van der Waals surface area contributed by atoms with E-state index in [2.05, 4.69) is 50.0 Å². The van der Waals surface area contributed by atoms with Crippen molar-refractivity contribution in [1.82, 2.24) is 4.90 Å². The number of nitrogens with zero attached hydrogens (tertiary/aromatic N) is 1. The van der Waals surface area contributed by atoms with Gasteiger partial charge in [0.2, 0.25) is 0 Å². The number of carbonyl (C=O) groups is 3. The van der Waals surface area contributed by atoms with Gasteiger partial charge in [-0.15, -0.1) is 0 Å². The van der Waals surface area contributed by atoms with Crippen LogP contribution in [-0.4, -0.2) is 42.6 Å². The summed E-state index contributed by atoms with van der Waals surface area (Å²) in [5.74, 6) is -0.412. The number of ether oxygens (including phenoxy) is 2. The average Bonchev–Trinajstić information content (AvgIpc) is 3.03. The monoisotopic (exact) mass is 714 g/mol. The van der Waals surface area contributed by atoms with E-state index >= 15 is 0 Å². The number of halogens is 2. The average molecular weight is 716 g/mol. The van der Waals surface area contributed by atoms with Crippen molar-refractivity contribution in [2.24, 2.45) is 10.8 Å². The Labute approximate surface area is 304 Å². The van der Waals surface area contributed by atoms with Crippen LogP contribution in [0.5, 0.6) is 11.5 Å². The highest BCUT2D eigenvalue weighted by molar-refractivity contribution is 6.32. The van der Waals surface area contributed by atoms with Crippen LogP contribution >= 0.6 is 23.2 Å². The SMILES string of the molecule is COc1cc(C2C3=C(CC(C)(C)CC3=O)N(CCc3ccccc3)C3=C2C(=O)CC(C)(C)C3)cc(Cl)c1OCC(=O)Nc1ccc(C)c(Cl)c1. The molecule has 3 aliphatic rings. The zero-order valence-corrected chi connectivity index (χ0v) is 31.1. The summed E-state index contributed by atoms with van der Waals surface area (Å²) in [4.78, 5) is 43.7. The molecule has 0 saturated heterocycles. The molecule has 1 amide bonds. The summed E-state index contributed by atoms with van der Waals surface area (Å²) in [6.45, 7) is 10.8. The lowest BCUT2D eigenvalue weighted by atomic mass is 9.63. The minimum absolute atomic E-state index is 0.0402. The van der Waals surface area contributed by atoms with E-state index in [0.29, 0.717) is 65.4 Å². The normalized spacial score (nSPS) is 18.5. The number of methoxy groups -OCH3 is 1. The van der Waals surface area contributed by atoms with E-state index < -0.39 is 11.8 Å². The van der Waals surface area contributed by atoms with E-state index in [1.54, 1.807) is 24.3 Å². The van der Waals surface area contributed by atoms with Gasteiger partial charge in [-0.2, -0.15) is 0 Å². The van der Waals surface area contributed by atoms with E-state index in [-0.39, 0.29) is 39.8 Å². The van der Waals surface area contributed by atoms with Crippen LogP contribution in [0.4, 0.5) is 5.69 Å². The number of anilines is 1. The van der Waals surface area contributed by atoms with Crippen molar-refractivity contribution in [2.75, 3.05) is 25.6 Å². The molecule has 262 valence electrons. The maximum atomic E-state index is 14.3. The highest BCUT2D eigenvalue weighted by atomic mass is 35.5. The van der Waals surface area contributed by atoms with E-state index in [1.807, 2.05) is 31.2 Å². The first-order valence-electron chi connectivity index (χ1n) is 17.1. The number of ketones is 2. The predicted octanol–water partition coefficient (Wildman–Crippen LogP) is 9.26. The first-order chi connectivity index (χ1) is 23.7. The molecule has 3 aromatic rings. The van der Waals surface area contributed by atoms with Crippen molar-refractivity contribution in [3.8, 4) is 11.5 Å². The third-order valence-corrected chi connectivity index (χ3v) is 10.6. The molecule has 0 saturated carbocycles. The molecule has 7 nitrogen and oxygen atoms in total. The Kier molecular flexibility index (Phi) is 9.95. The minimum atomic E-state index is -0.602. The van der Waals surface area contributed by atoms with E-state index in [1.165, 1.54) is 12.7 Å². The smallest absolute Gasteiger partial charge is 0.262 e. The Morgan fingerprint density at radius 3 is 2.06 bits per heavy atom. The lowest BCUT2D eigenvalue weighted by Gasteiger charge is -2.49. The van der Waals surface area contributed by atoms with Gasteiger partial charge < -0.3 is 19.7 Å². The van der Waals surface area contributed by atoms with Gasteiger partial charge in [0.25, 0.3) is 5.91 Å². The number of allylic oxidation sites excluding steroid dienone is 4. The highest BCUT2D eigenvalue weighted by Gasteiger charge is 2.49. The van der Waals surface area contributed by atoms with Crippen LogP contribution < -0.4 is 14.8 Å². The van der Waals surface area contributed by atoms with Crippen molar-refractivity contribution in [2.45, 2.75) is 72.6 Å². The van der Waals surface area contributed by atoms with Gasteiger partial charge in [0.1, 0.15) is 0 Å². The molecule has 1 N–H and O–H groups in total. The molecule has 0 aromatic heterocycles. The fraction of sp³-hybridized carbons (Fsp3) is 0.390. The Bertz CT molecular complexity index is 1870. The largest absolute Gasteiger partial charge is 0.493 e. The summed E-state index contributed by atoms with van der Waals surface area (Å²) in [5, 5.41) is 3.55. The second-order valence-corrected chi connectivity index (χ2v) is 16.1. The van der Waals surface area contributed by atoms with Crippen LogP contribution in [0.2, 0.25) is 10.0 Å². The molecule has 0 unspecified atom stereocenters. The number of nitrogens with one attached hydrogen (secondary N) is 1. The molecule has 2 aliphatic carbocycles. The number of Topliss-reactive ketones (excluding diaryl/α,β-unsaturated/α-hetero) is 2. The third-order valence-electron chi connectivity index (χ3n) is 9.88. The van der Waals surface area contributed by atoms with Gasteiger partial charge >= 0.3 is 0 Å². The van der Waals surface area contributed by atoms with Crippen LogP contribution in [-0.2, 0) is 20.8 Å². The fourth-order valence-electron chi connectivity index (χ4n) is 7.59. The van der Waals surface area contributed by atoms with Gasteiger partial charge in [0, 0.05) is 58.6 Å². The fourth-order valence-corrected chi connectivity index (χ4v) is 8.04. The Morgan fingerprint density at radius 2 is 1.48 bits per heavy atom. The van der Waals surface area contributed by atoms with E-state index in [4.69, 9.17) is 32.7 Å². The quantitative estimate of drug-likeness (QED) is 0.238. The van der Waals surface area contributed by atoms with Crippen LogP contribution in [0, 0.1) is 17.8 Å². The molecule has 1 heterocycles. The molecule has 0 fully saturated rings. The van der Waals surface area contributed by atoms with Gasteiger partial charge in [-0.3, -0.25) is 14.4 Å². The molecule has 3 aromatic carbocycles. The number of rotatable bonds is 9. The second-order valence-electron chi connectivity index (χ2n) is 15.3. The topological polar surface area (TPSA) is 84.9 Å². The first kappa shape index (κ1) is 35.7. The van der Waals surface area contributed by atoms with Crippen molar-refractivity contribution in [1.29, 1.82) is 0 Å². The first-order valence-corrected chi connectivity index (χ1v) is 17.8. The number of hydrogen-bond acceptors (Lipinski definition) is 6. The van der Waals surface area contributed by atoms with Gasteiger partial charge in [-0.25, -0.2) is 0 Å². The summed E-state index contributed by atoms with van der Waals surface area (Å²) < 4.78 is 11.7. The summed E-state index contributed by atoms with van der Waals surface area (Å²) in [6.07, 6.45) is 2.95. The number of benzene rings is 3. The molecular formula is C41H44Cl2N2O5. The van der Waals surface area contributed by atoms with Crippen molar-refractivity contribution >= 4 is 46.4 Å². The molecule has 50 heavy (non-hydrogen) atoms. The zero-order chi connectivity index (χ0) is 36.0. The third kappa shape index (κ3) is 7.35. The number of carbonyl (C=O) groups excluding carboxylic acids is 3. The lowest BCUT2D eigenvalue weighted by molar-refractivity contribution is -0.120. The molecule has 0 spiro atoms. The molecule has 1 aliphatic heterocycles. The van der Waals surface area contributed by atoms with Crippen molar-refractivity contribution in [3.63, 3.8) is 0 Å². The highest BCUT2D eigenvalue weighted by Crippen LogP contribution is 2.55. The number of amides is 1. The Morgan fingerprint density at radius 1 is 0.860 bits per heavy atom. The molecule has 6 rings (SSSR count). The zero-order valence-electron chi connectivity index (χ0n) is 29.5. The summed E-state index contributed by atoms with van der Waals surface area (Å²) >= 11 is 13.1. The summed E-state index contributed by atoms with van der Waals surface area (Å²) in [6, 6.07) is 19.1. The second kappa shape index (κ2) is 13.9. The van der Waals surface area contributed by atoms with Gasteiger partial charge in [-0.1, -0.05) is 87.3 Å². The Balaban J connectivity index is 1.39. The summed E-state index contributed by atoms with van der Waals surface area (Å²) in [7, 11) is 1.50. The van der Waals surface area contributed by atoms with Gasteiger partial charge in [-0.05, 0) is 78.0 Å². The Hall–Kier alpha value is -4.07. The van der Waals surface area contributed by atoms with E-state index in [9.17, 15) is 14.4 Å². The minimum Gasteiger partial charge on any atom is -0.493 e. The predicted molar refractivity (Wildman–Crippen MR) is 198 cm³/mol. The molecule has 0 atom stereocenters. The molecular weight excluding hydrogens is 671 g/mol. The van der Waals surface area contributed by atoms with E-state index in [0.717, 1.165) is 23.4 Å². The number of hydrogen-bond donors (Lipinski definition) is 1. The molecule has 9 heteroatoms. The standard InChI is InChI=1S/C41H44Cl2N2O5/c1-24-12-13-27(18-28(24)42)44-35(48)23-50-39-29(43)16-26(17-34(39)49-6)36-37-30(19-40(2,3)21-32(37)46)45(15-14-25-10-8-7-9-11-25)31-20-41(4,5)22-33(47)38(31)36/h7-13,16-18,36H,14-15,19-23H2,1-6H3,(H,44,48).